The van der Waals surface area contributed by atoms with Gasteiger partial charge in [0.25, 0.3) is 0 Å². The SMILES string of the molecule is CC(C)CNCC(C)(C)CN1CCOc2ccccc2C1. The Morgan fingerprint density at radius 2 is 2.05 bits per heavy atom. The largest absolute Gasteiger partial charge is 0.492 e. The van der Waals surface area contributed by atoms with Gasteiger partial charge in [0.1, 0.15) is 12.4 Å². The Kier molecular flexibility index (Phi) is 5.65. The Morgan fingerprint density at radius 1 is 1.29 bits per heavy atom. The van der Waals surface area contributed by atoms with Crippen LogP contribution in [0.4, 0.5) is 0 Å². The Morgan fingerprint density at radius 3 is 2.81 bits per heavy atom. The first kappa shape index (κ1) is 16.3. The molecule has 0 bridgehead atoms. The maximum atomic E-state index is 5.85. The number of nitrogens with zero attached hydrogens (tertiary/aromatic N) is 1. The van der Waals surface area contributed by atoms with Crippen molar-refractivity contribution in [1.29, 1.82) is 0 Å². The third-order valence-electron chi connectivity index (χ3n) is 3.84. The lowest BCUT2D eigenvalue weighted by molar-refractivity contribution is 0.155. The van der Waals surface area contributed by atoms with E-state index in [4.69, 9.17) is 4.74 Å². The van der Waals surface area contributed by atoms with E-state index in [1.54, 1.807) is 0 Å². The lowest BCUT2D eigenvalue weighted by atomic mass is 9.92. The Bertz CT molecular complexity index is 443. The van der Waals surface area contributed by atoms with Crippen LogP contribution >= 0.6 is 0 Å². The molecule has 0 amide bonds. The molecule has 0 unspecified atom stereocenters. The number of rotatable bonds is 6. The summed E-state index contributed by atoms with van der Waals surface area (Å²) in [5.74, 6) is 1.76. The highest BCUT2D eigenvalue weighted by Crippen LogP contribution is 2.25. The first-order valence-corrected chi connectivity index (χ1v) is 8.10. The lowest BCUT2D eigenvalue weighted by Gasteiger charge is -2.32. The topological polar surface area (TPSA) is 24.5 Å². The molecule has 0 aromatic heterocycles. The lowest BCUT2D eigenvalue weighted by Crippen LogP contribution is -2.41. The first-order chi connectivity index (χ1) is 9.96. The quantitative estimate of drug-likeness (QED) is 0.871. The molecule has 3 heteroatoms. The average Bonchev–Trinajstić information content (AvgIpc) is 2.58. The molecule has 0 saturated carbocycles. The van der Waals surface area contributed by atoms with E-state index < -0.39 is 0 Å². The van der Waals surface area contributed by atoms with Gasteiger partial charge in [0.2, 0.25) is 0 Å². The number of hydrogen-bond donors (Lipinski definition) is 1. The smallest absolute Gasteiger partial charge is 0.123 e. The molecule has 1 aromatic carbocycles. The molecular formula is C18H30N2O. The van der Waals surface area contributed by atoms with Crippen molar-refractivity contribution in [3.8, 4) is 5.75 Å². The Balaban J connectivity index is 1.90. The van der Waals surface area contributed by atoms with Gasteiger partial charge in [-0.1, -0.05) is 45.9 Å². The molecule has 118 valence electrons. The van der Waals surface area contributed by atoms with Crippen molar-refractivity contribution in [1.82, 2.24) is 10.2 Å². The molecule has 3 nitrogen and oxygen atoms in total. The summed E-state index contributed by atoms with van der Waals surface area (Å²) in [6.07, 6.45) is 0. The molecule has 21 heavy (non-hydrogen) atoms. The van der Waals surface area contributed by atoms with Crippen molar-refractivity contribution in [2.75, 3.05) is 32.8 Å². The van der Waals surface area contributed by atoms with Gasteiger partial charge in [-0.2, -0.15) is 0 Å². The molecule has 0 saturated heterocycles. The van der Waals surface area contributed by atoms with Crippen LogP contribution in [0.2, 0.25) is 0 Å². The molecular weight excluding hydrogens is 260 g/mol. The average molecular weight is 290 g/mol. The molecule has 1 aliphatic rings. The van der Waals surface area contributed by atoms with Crippen LogP contribution < -0.4 is 10.1 Å². The van der Waals surface area contributed by atoms with Crippen molar-refractivity contribution < 1.29 is 4.74 Å². The van der Waals surface area contributed by atoms with Crippen LogP contribution in [0, 0.1) is 11.3 Å². The van der Waals surface area contributed by atoms with E-state index in [-0.39, 0.29) is 5.41 Å². The predicted molar refractivity (Wildman–Crippen MR) is 88.7 cm³/mol. The second-order valence-corrected chi connectivity index (χ2v) is 7.36. The zero-order valence-electron chi connectivity index (χ0n) is 14.0. The molecule has 2 rings (SSSR count). The summed E-state index contributed by atoms with van der Waals surface area (Å²) >= 11 is 0. The van der Waals surface area contributed by atoms with E-state index in [9.17, 15) is 0 Å². The fourth-order valence-electron chi connectivity index (χ4n) is 2.88. The number of fused-ring (bicyclic) bond motifs is 1. The second kappa shape index (κ2) is 7.28. The van der Waals surface area contributed by atoms with Gasteiger partial charge in [-0.15, -0.1) is 0 Å². The number of hydrogen-bond acceptors (Lipinski definition) is 3. The molecule has 0 radical (unpaired) electrons. The molecule has 1 aliphatic heterocycles. The van der Waals surface area contributed by atoms with Crippen molar-refractivity contribution in [3.63, 3.8) is 0 Å². The van der Waals surface area contributed by atoms with Crippen LogP contribution in [0.3, 0.4) is 0 Å². The molecule has 1 N–H and O–H groups in total. The molecule has 0 fully saturated rings. The summed E-state index contributed by atoms with van der Waals surface area (Å²) in [6, 6.07) is 8.40. The van der Waals surface area contributed by atoms with Gasteiger partial charge in [-0.3, -0.25) is 4.90 Å². The highest BCUT2D eigenvalue weighted by molar-refractivity contribution is 5.33. The van der Waals surface area contributed by atoms with Gasteiger partial charge < -0.3 is 10.1 Å². The van der Waals surface area contributed by atoms with Crippen LogP contribution in [0.25, 0.3) is 0 Å². The zero-order valence-corrected chi connectivity index (χ0v) is 14.0. The summed E-state index contributed by atoms with van der Waals surface area (Å²) in [5.41, 5.74) is 1.58. The molecule has 0 spiro atoms. The van der Waals surface area contributed by atoms with E-state index in [1.165, 1.54) is 5.56 Å². The van der Waals surface area contributed by atoms with E-state index in [0.29, 0.717) is 5.92 Å². The number of para-hydroxylation sites is 1. The third kappa shape index (κ3) is 5.33. The fourth-order valence-corrected chi connectivity index (χ4v) is 2.88. The van der Waals surface area contributed by atoms with Crippen LogP contribution in [-0.2, 0) is 6.54 Å². The minimum atomic E-state index is 0.272. The van der Waals surface area contributed by atoms with Crippen LogP contribution in [0.5, 0.6) is 5.75 Å². The first-order valence-electron chi connectivity index (χ1n) is 8.10. The summed E-state index contributed by atoms with van der Waals surface area (Å²) in [7, 11) is 0. The van der Waals surface area contributed by atoms with Crippen molar-refractivity contribution in [2.45, 2.75) is 34.2 Å². The minimum Gasteiger partial charge on any atom is -0.492 e. The number of ether oxygens (including phenoxy) is 1. The van der Waals surface area contributed by atoms with Gasteiger partial charge in [0.05, 0.1) is 0 Å². The molecule has 0 aliphatic carbocycles. The van der Waals surface area contributed by atoms with Crippen LogP contribution in [-0.4, -0.2) is 37.7 Å². The molecule has 0 atom stereocenters. The number of benzene rings is 1. The van der Waals surface area contributed by atoms with Crippen LogP contribution in [0.1, 0.15) is 33.3 Å². The summed E-state index contributed by atoms with van der Waals surface area (Å²) in [4.78, 5) is 2.52. The zero-order chi connectivity index (χ0) is 15.3. The summed E-state index contributed by atoms with van der Waals surface area (Å²) in [5, 5.41) is 3.59. The van der Waals surface area contributed by atoms with Gasteiger partial charge >= 0.3 is 0 Å². The minimum absolute atomic E-state index is 0.272. The van der Waals surface area contributed by atoms with E-state index >= 15 is 0 Å². The van der Waals surface area contributed by atoms with Crippen molar-refractivity contribution in [2.24, 2.45) is 11.3 Å². The summed E-state index contributed by atoms with van der Waals surface area (Å²) < 4.78 is 5.85. The van der Waals surface area contributed by atoms with Gasteiger partial charge in [-0.05, 0) is 23.9 Å². The van der Waals surface area contributed by atoms with Gasteiger partial charge in [-0.25, -0.2) is 0 Å². The predicted octanol–water partition coefficient (Wildman–Crippen LogP) is 3.15. The third-order valence-corrected chi connectivity index (χ3v) is 3.84. The van der Waals surface area contributed by atoms with Crippen molar-refractivity contribution >= 4 is 0 Å². The fraction of sp³-hybridized carbons (Fsp3) is 0.667. The van der Waals surface area contributed by atoms with Crippen LogP contribution in [0.15, 0.2) is 24.3 Å². The van der Waals surface area contributed by atoms with Gasteiger partial charge in [0, 0.05) is 31.7 Å². The standard InChI is InChI=1S/C18H30N2O/c1-15(2)11-19-13-18(3,4)14-20-9-10-21-17-8-6-5-7-16(17)12-20/h5-8,15,19H,9-14H2,1-4H3. The van der Waals surface area contributed by atoms with E-state index in [1.807, 2.05) is 6.07 Å². The summed E-state index contributed by atoms with van der Waals surface area (Å²) in [6.45, 7) is 15.2. The van der Waals surface area contributed by atoms with Gasteiger partial charge in [0.15, 0.2) is 0 Å². The van der Waals surface area contributed by atoms with E-state index in [0.717, 1.165) is 45.1 Å². The maximum absolute atomic E-state index is 5.85. The van der Waals surface area contributed by atoms with Crippen molar-refractivity contribution in [3.05, 3.63) is 29.8 Å². The number of nitrogens with one attached hydrogen (secondary N) is 1. The maximum Gasteiger partial charge on any atom is 0.123 e. The normalized spacial score (nSPS) is 16.4. The Labute approximate surface area is 129 Å². The Hall–Kier alpha value is -1.06. The second-order valence-electron chi connectivity index (χ2n) is 7.36. The monoisotopic (exact) mass is 290 g/mol. The highest BCUT2D eigenvalue weighted by atomic mass is 16.5. The molecule has 1 heterocycles. The molecule has 1 aromatic rings. The highest BCUT2D eigenvalue weighted by Gasteiger charge is 2.24. The van der Waals surface area contributed by atoms with E-state index in [2.05, 4.69) is 56.1 Å².